The normalized spacial score (nSPS) is 18.4. The van der Waals surface area contributed by atoms with Crippen molar-refractivity contribution in [1.29, 1.82) is 0 Å². The van der Waals surface area contributed by atoms with Crippen molar-refractivity contribution in [2.24, 2.45) is 0 Å². The van der Waals surface area contributed by atoms with E-state index >= 15 is 0 Å². The van der Waals surface area contributed by atoms with Gasteiger partial charge >= 0.3 is 6.03 Å². The second kappa shape index (κ2) is 6.93. The lowest BCUT2D eigenvalue weighted by atomic mass is 10.4. The highest BCUT2D eigenvalue weighted by molar-refractivity contribution is 5.74. The summed E-state index contributed by atoms with van der Waals surface area (Å²) in [5.74, 6) is 0. The van der Waals surface area contributed by atoms with Gasteiger partial charge in [0, 0.05) is 38.6 Å². The molecule has 2 fully saturated rings. The standard InChI is InChI=1S/C9H16N2O.C4H4N2/c12-9(10-5-1-2-6-10)11-7-3-4-8-11;1-2-5-4-6-3-1/h1-8H2;1-4H. The molecule has 18 heavy (non-hydrogen) atoms. The molecule has 3 heterocycles. The van der Waals surface area contributed by atoms with E-state index in [1.165, 1.54) is 32.0 Å². The summed E-state index contributed by atoms with van der Waals surface area (Å²) in [6.45, 7) is 3.93. The summed E-state index contributed by atoms with van der Waals surface area (Å²) in [6, 6.07) is 2.06. The van der Waals surface area contributed by atoms with E-state index in [4.69, 9.17) is 0 Å². The minimum absolute atomic E-state index is 0.282. The second-order valence-electron chi connectivity index (χ2n) is 4.58. The van der Waals surface area contributed by atoms with Crippen LogP contribution in [-0.2, 0) is 0 Å². The van der Waals surface area contributed by atoms with Crippen LogP contribution >= 0.6 is 0 Å². The van der Waals surface area contributed by atoms with Gasteiger partial charge in [-0.05, 0) is 31.7 Å². The Hall–Kier alpha value is -1.65. The van der Waals surface area contributed by atoms with Crippen LogP contribution in [0.1, 0.15) is 25.7 Å². The molecular formula is C13H20N4O. The lowest BCUT2D eigenvalue weighted by Crippen LogP contribution is -2.39. The maximum atomic E-state index is 11.7. The largest absolute Gasteiger partial charge is 0.325 e. The number of amides is 2. The van der Waals surface area contributed by atoms with Crippen molar-refractivity contribution in [3.63, 3.8) is 0 Å². The molecule has 0 aliphatic carbocycles. The SMILES string of the molecule is O=C(N1CCCC1)N1CCCC1.c1cncnc1. The van der Waals surface area contributed by atoms with Gasteiger partial charge in [0.1, 0.15) is 6.33 Å². The van der Waals surface area contributed by atoms with Gasteiger partial charge in [-0.2, -0.15) is 0 Å². The highest BCUT2D eigenvalue weighted by Crippen LogP contribution is 2.14. The molecule has 98 valence electrons. The van der Waals surface area contributed by atoms with Crippen LogP contribution in [0.15, 0.2) is 24.8 Å². The van der Waals surface area contributed by atoms with Crippen LogP contribution in [0.4, 0.5) is 4.79 Å². The molecule has 0 spiro atoms. The Bertz CT molecular complexity index is 301. The van der Waals surface area contributed by atoms with E-state index in [0.717, 1.165) is 26.2 Å². The predicted octanol–water partition coefficient (Wildman–Crippen LogP) is 1.77. The highest BCUT2D eigenvalue weighted by atomic mass is 16.2. The third kappa shape index (κ3) is 3.68. The zero-order valence-corrected chi connectivity index (χ0v) is 10.7. The van der Waals surface area contributed by atoms with Gasteiger partial charge in [0.05, 0.1) is 0 Å². The number of aromatic nitrogens is 2. The first-order chi connectivity index (χ1) is 8.88. The van der Waals surface area contributed by atoms with Crippen LogP contribution in [0.3, 0.4) is 0 Å². The summed E-state index contributed by atoms with van der Waals surface area (Å²) in [5, 5.41) is 0. The van der Waals surface area contributed by atoms with Crippen LogP contribution < -0.4 is 0 Å². The van der Waals surface area contributed by atoms with Crippen molar-refractivity contribution in [2.45, 2.75) is 25.7 Å². The third-order valence-corrected chi connectivity index (χ3v) is 3.23. The average molecular weight is 248 g/mol. The maximum absolute atomic E-state index is 11.7. The molecule has 0 bridgehead atoms. The van der Waals surface area contributed by atoms with Crippen molar-refractivity contribution in [1.82, 2.24) is 19.8 Å². The quantitative estimate of drug-likeness (QED) is 0.703. The molecule has 2 aliphatic rings. The highest BCUT2D eigenvalue weighted by Gasteiger charge is 2.25. The van der Waals surface area contributed by atoms with Crippen molar-refractivity contribution in [2.75, 3.05) is 26.2 Å². The number of hydrogen-bond acceptors (Lipinski definition) is 3. The molecule has 2 aliphatic heterocycles. The smallest absolute Gasteiger partial charge is 0.319 e. The van der Waals surface area contributed by atoms with Gasteiger partial charge in [-0.3, -0.25) is 0 Å². The molecule has 2 amide bonds. The van der Waals surface area contributed by atoms with E-state index in [9.17, 15) is 4.79 Å². The Balaban J connectivity index is 0.000000169. The Morgan fingerprint density at radius 2 is 1.28 bits per heavy atom. The fourth-order valence-electron chi connectivity index (χ4n) is 2.27. The molecule has 0 aromatic carbocycles. The Morgan fingerprint density at radius 1 is 0.833 bits per heavy atom. The molecule has 0 atom stereocenters. The first kappa shape index (κ1) is 12.8. The molecule has 0 N–H and O–H groups in total. The van der Waals surface area contributed by atoms with E-state index in [2.05, 4.69) is 9.97 Å². The Morgan fingerprint density at radius 3 is 1.56 bits per heavy atom. The number of carbonyl (C=O) groups excluding carboxylic acids is 1. The summed E-state index contributed by atoms with van der Waals surface area (Å²) in [7, 11) is 0. The van der Waals surface area contributed by atoms with E-state index in [-0.39, 0.29) is 6.03 Å². The Labute approximate surface area is 108 Å². The van der Waals surface area contributed by atoms with Crippen molar-refractivity contribution in [3.8, 4) is 0 Å². The van der Waals surface area contributed by atoms with Gasteiger partial charge in [-0.1, -0.05) is 0 Å². The first-order valence-electron chi connectivity index (χ1n) is 6.62. The van der Waals surface area contributed by atoms with Crippen molar-refractivity contribution in [3.05, 3.63) is 24.8 Å². The number of likely N-dealkylation sites (tertiary alicyclic amines) is 2. The lowest BCUT2D eigenvalue weighted by molar-refractivity contribution is 0.173. The van der Waals surface area contributed by atoms with Crippen LogP contribution in [0, 0.1) is 0 Å². The number of hydrogen-bond donors (Lipinski definition) is 0. The van der Waals surface area contributed by atoms with Gasteiger partial charge < -0.3 is 9.80 Å². The maximum Gasteiger partial charge on any atom is 0.319 e. The van der Waals surface area contributed by atoms with E-state index in [1.54, 1.807) is 18.5 Å². The van der Waals surface area contributed by atoms with E-state index < -0.39 is 0 Å². The fourth-order valence-corrected chi connectivity index (χ4v) is 2.27. The van der Waals surface area contributed by atoms with Gasteiger partial charge in [0.25, 0.3) is 0 Å². The van der Waals surface area contributed by atoms with Gasteiger partial charge in [-0.25, -0.2) is 14.8 Å². The van der Waals surface area contributed by atoms with Gasteiger partial charge in [0.2, 0.25) is 0 Å². The predicted molar refractivity (Wildman–Crippen MR) is 69.0 cm³/mol. The Kier molecular flexibility index (Phi) is 4.93. The summed E-state index contributed by atoms with van der Waals surface area (Å²) < 4.78 is 0. The number of urea groups is 1. The monoisotopic (exact) mass is 248 g/mol. The molecule has 1 aromatic rings. The van der Waals surface area contributed by atoms with Gasteiger partial charge in [0.15, 0.2) is 0 Å². The summed E-state index contributed by atoms with van der Waals surface area (Å²) in [4.78, 5) is 23.0. The van der Waals surface area contributed by atoms with E-state index in [0.29, 0.717) is 0 Å². The van der Waals surface area contributed by atoms with Crippen molar-refractivity contribution < 1.29 is 4.79 Å². The number of carbonyl (C=O) groups is 1. The molecule has 2 saturated heterocycles. The zero-order valence-electron chi connectivity index (χ0n) is 10.7. The molecule has 1 aromatic heterocycles. The van der Waals surface area contributed by atoms with Crippen LogP contribution in [-0.4, -0.2) is 52.0 Å². The van der Waals surface area contributed by atoms with Crippen molar-refractivity contribution >= 4 is 6.03 Å². The summed E-state index contributed by atoms with van der Waals surface area (Å²) in [5.41, 5.74) is 0. The topological polar surface area (TPSA) is 49.3 Å². The second-order valence-corrected chi connectivity index (χ2v) is 4.58. The lowest BCUT2D eigenvalue weighted by Gasteiger charge is -2.23. The molecule has 5 heteroatoms. The minimum Gasteiger partial charge on any atom is -0.325 e. The van der Waals surface area contributed by atoms with Gasteiger partial charge in [-0.15, -0.1) is 0 Å². The molecule has 0 unspecified atom stereocenters. The molecule has 3 rings (SSSR count). The molecule has 0 saturated carbocycles. The average Bonchev–Trinajstić information content (AvgIpc) is 3.14. The number of rotatable bonds is 0. The first-order valence-corrected chi connectivity index (χ1v) is 6.62. The molecule has 5 nitrogen and oxygen atoms in total. The van der Waals surface area contributed by atoms with Crippen LogP contribution in [0.2, 0.25) is 0 Å². The molecule has 0 radical (unpaired) electrons. The van der Waals surface area contributed by atoms with Crippen LogP contribution in [0.25, 0.3) is 0 Å². The minimum atomic E-state index is 0.282. The summed E-state index contributed by atoms with van der Waals surface area (Å²) in [6.07, 6.45) is 9.65. The summed E-state index contributed by atoms with van der Waals surface area (Å²) >= 11 is 0. The molecular weight excluding hydrogens is 228 g/mol. The third-order valence-electron chi connectivity index (χ3n) is 3.23. The number of nitrogens with zero attached hydrogens (tertiary/aromatic N) is 4. The zero-order chi connectivity index (χ0) is 12.6. The fraction of sp³-hybridized carbons (Fsp3) is 0.615. The van der Waals surface area contributed by atoms with Crippen LogP contribution in [0.5, 0.6) is 0 Å². The van der Waals surface area contributed by atoms with E-state index in [1.807, 2.05) is 9.80 Å².